The Labute approximate surface area is 119 Å². The van der Waals surface area contributed by atoms with Gasteiger partial charge in [-0.05, 0) is 48.7 Å². The first-order valence-corrected chi connectivity index (χ1v) is 6.47. The second-order valence-electron chi connectivity index (χ2n) is 4.76. The van der Waals surface area contributed by atoms with Crippen molar-refractivity contribution >= 4 is 11.6 Å². The van der Waals surface area contributed by atoms with Crippen molar-refractivity contribution in [2.24, 2.45) is 0 Å². The molecule has 0 N–H and O–H groups in total. The van der Waals surface area contributed by atoms with Crippen molar-refractivity contribution in [2.75, 3.05) is 7.11 Å². The van der Waals surface area contributed by atoms with E-state index in [0.29, 0.717) is 5.57 Å². The van der Waals surface area contributed by atoms with E-state index in [1.54, 1.807) is 7.11 Å². The van der Waals surface area contributed by atoms with Crippen LogP contribution in [0.3, 0.4) is 0 Å². The molecular formula is C18H17NO. The highest BCUT2D eigenvalue weighted by Gasteiger charge is 2.03. The molecule has 0 spiro atoms. The van der Waals surface area contributed by atoms with Gasteiger partial charge in [-0.1, -0.05) is 35.9 Å². The molecule has 100 valence electrons. The van der Waals surface area contributed by atoms with E-state index in [2.05, 4.69) is 6.07 Å². The zero-order valence-electron chi connectivity index (χ0n) is 12.0. The third kappa shape index (κ3) is 3.07. The molecule has 0 saturated carbocycles. The van der Waals surface area contributed by atoms with Crippen molar-refractivity contribution in [3.63, 3.8) is 0 Å². The smallest absolute Gasteiger partial charge is 0.121 e. The number of ether oxygens (including phenoxy) is 1. The normalized spacial score (nSPS) is 11.0. The van der Waals surface area contributed by atoms with Crippen LogP contribution in [0.4, 0.5) is 0 Å². The van der Waals surface area contributed by atoms with Crippen LogP contribution >= 0.6 is 0 Å². The van der Waals surface area contributed by atoms with Crippen LogP contribution in [-0.2, 0) is 0 Å². The first kappa shape index (κ1) is 13.9. The van der Waals surface area contributed by atoms with Gasteiger partial charge in [0.15, 0.2) is 0 Å². The summed E-state index contributed by atoms with van der Waals surface area (Å²) >= 11 is 0. The summed E-state index contributed by atoms with van der Waals surface area (Å²) in [7, 11) is 1.66. The Balaban J connectivity index is 2.39. The van der Waals surface area contributed by atoms with Gasteiger partial charge in [0, 0.05) is 0 Å². The number of nitriles is 1. The highest BCUT2D eigenvalue weighted by atomic mass is 16.5. The molecule has 0 saturated heterocycles. The molecule has 0 atom stereocenters. The lowest BCUT2D eigenvalue weighted by Gasteiger charge is -2.06. The highest BCUT2D eigenvalue weighted by molar-refractivity contribution is 5.89. The average Bonchev–Trinajstić information content (AvgIpc) is 2.46. The molecular weight excluding hydrogens is 246 g/mol. The second kappa shape index (κ2) is 6.08. The molecule has 2 aromatic carbocycles. The molecule has 0 aliphatic carbocycles. The Kier molecular flexibility index (Phi) is 4.22. The molecule has 2 heteroatoms. The van der Waals surface area contributed by atoms with Crippen LogP contribution in [0, 0.1) is 25.2 Å². The number of benzene rings is 2. The van der Waals surface area contributed by atoms with Crippen molar-refractivity contribution in [3.8, 4) is 11.8 Å². The van der Waals surface area contributed by atoms with Crippen LogP contribution in [-0.4, -0.2) is 7.11 Å². The number of hydrogen-bond donors (Lipinski definition) is 0. The van der Waals surface area contributed by atoms with E-state index < -0.39 is 0 Å². The molecule has 2 nitrogen and oxygen atoms in total. The molecule has 0 amide bonds. The Morgan fingerprint density at radius 1 is 1.10 bits per heavy atom. The predicted octanol–water partition coefficient (Wildman–Crippen LogP) is 4.38. The van der Waals surface area contributed by atoms with Gasteiger partial charge in [0.05, 0.1) is 18.8 Å². The molecule has 2 aromatic rings. The van der Waals surface area contributed by atoms with Crippen LogP contribution in [0.1, 0.15) is 22.3 Å². The Morgan fingerprint density at radius 3 is 2.35 bits per heavy atom. The molecule has 0 radical (unpaired) electrons. The molecule has 0 aromatic heterocycles. The lowest BCUT2D eigenvalue weighted by molar-refractivity contribution is 0.411. The topological polar surface area (TPSA) is 33.0 Å². The molecule has 0 fully saturated rings. The minimum absolute atomic E-state index is 0.662. The van der Waals surface area contributed by atoms with E-state index in [0.717, 1.165) is 22.4 Å². The first-order valence-electron chi connectivity index (χ1n) is 6.47. The van der Waals surface area contributed by atoms with Gasteiger partial charge in [0.25, 0.3) is 0 Å². The van der Waals surface area contributed by atoms with Gasteiger partial charge in [-0.3, -0.25) is 0 Å². The van der Waals surface area contributed by atoms with E-state index in [-0.39, 0.29) is 0 Å². The summed E-state index contributed by atoms with van der Waals surface area (Å²) in [4.78, 5) is 0. The van der Waals surface area contributed by atoms with Gasteiger partial charge in [0.2, 0.25) is 0 Å². The van der Waals surface area contributed by atoms with Crippen molar-refractivity contribution in [3.05, 3.63) is 64.7 Å². The van der Waals surface area contributed by atoms with E-state index in [1.165, 1.54) is 5.56 Å². The van der Waals surface area contributed by atoms with Crippen LogP contribution in [0.2, 0.25) is 0 Å². The Bertz CT molecular complexity index is 676. The van der Waals surface area contributed by atoms with E-state index in [4.69, 9.17) is 4.74 Å². The number of methoxy groups -OCH3 is 1. The van der Waals surface area contributed by atoms with Gasteiger partial charge in [-0.15, -0.1) is 0 Å². The Morgan fingerprint density at radius 2 is 1.80 bits per heavy atom. The fourth-order valence-electron chi connectivity index (χ4n) is 2.07. The minimum atomic E-state index is 0.662. The zero-order chi connectivity index (χ0) is 14.5. The maximum absolute atomic E-state index is 9.34. The molecule has 0 heterocycles. The Hall–Kier alpha value is -2.53. The van der Waals surface area contributed by atoms with Crippen LogP contribution in [0.25, 0.3) is 11.6 Å². The van der Waals surface area contributed by atoms with Gasteiger partial charge in [-0.25, -0.2) is 0 Å². The number of aryl methyl sites for hydroxylation is 2. The zero-order valence-corrected chi connectivity index (χ0v) is 12.0. The second-order valence-corrected chi connectivity index (χ2v) is 4.76. The summed E-state index contributed by atoms with van der Waals surface area (Å²) in [6, 6.07) is 16.1. The van der Waals surface area contributed by atoms with Crippen LogP contribution < -0.4 is 4.74 Å². The average molecular weight is 263 g/mol. The molecule has 0 aliphatic rings. The van der Waals surface area contributed by atoms with Crippen LogP contribution in [0.15, 0.2) is 42.5 Å². The molecule has 0 bridgehead atoms. The lowest BCUT2D eigenvalue weighted by Crippen LogP contribution is -1.88. The van der Waals surface area contributed by atoms with E-state index >= 15 is 0 Å². The van der Waals surface area contributed by atoms with Crippen LogP contribution in [0.5, 0.6) is 5.75 Å². The highest BCUT2D eigenvalue weighted by Crippen LogP contribution is 2.23. The minimum Gasteiger partial charge on any atom is -0.496 e. The van der Waals surface area contributed by atoms with Crippen molar-refractivity contribution in [2.45, 2.75) is 13.8 Å². The van der Waals surface area contributed by atoms with Gasteiger partial charge >= 0.3 is 0 Å². The largest absolute Gasteiger partial charge is 0.496 e. The summed E-state index contributed by atoms with van der Waals surface area (Å²) in [5, 5.41) is 9.34. The first-order chi connectivity index (χ1) is 9.63. The number of hydrogen-bond acceptors (Lipinski definition) is 2. The van der Waals surface area contributed by atoms with Gasteiger partial charge in [0.1, 0.15) is 5.75 Å². The summed E-state index contributed by atoms with van der Waals surface area (Å²) < 4.78 is 5.24. The SMILES string of the molecule is COc1ccc(/C=C(/C#N)c2ccc(C)cc2)cc1C. The molecule has 20 heavy (non-hydrogen) atoms. The number of allylic oxidation sites excluding steroid dienone is 1. The number of nitrogens with zero attached hydrogens (tertiary/aromatic N) is 1. The summed E-state index contributed by atoms with van der Waals surface area (Å²) in [5.74, 6) is 0.857. The van der Waals surface area contributed by atoms with Crippen molar-refractivity contribution < 1.29 is 4.74 Å². The molecule has 0 unspecified atom stereocenters. The van der Waals surface area contributed by atoms with Gasteiger partial charge < -0.3 is 4.74 Å². The molecule has 0 aliphatic heterocycles. The number of rotatable bonds is 3. The standard InChI is InChI=1S/C18H17NO/c1-13-4-7-16(8-5-13)17(12-19)11-15-6-9-18(20-3)14(2)10-15/h4-11H,1-3H3/b17-11-. The fourth-order valence-corrected chi connectivity index (χ4v) is 2.07. The summed E-state index contributed by atoms with van der Waals surface area (Å²) in [6.07, 6.45) is 1.90. The summed E-state index contributed by atoms with van der Waals surface area (Å²) in [6.45, 7) is 4.03. The monoisotopic (exact) mass is 263 g/mol. The predicted molar refractivity (Wildman–Crippen MR) is 82.4 cm³/mol. The fraction of sp³-hybridized carbons (Fsp3) is 0.167. The third-order valence-electron chi connectivity index (χ3n) is 3.21. The summed E-state index contributed by atoms with van der Waals surface area (Å²) in [5.41, 5.74) is 4.84. The molecule has 2 rings (SSSR count). The maximum atomic E-state index is 9.34. The van der Waals surface area contributed by atoms with E-state index in [1.807, 2.05) is 62.4 Å². The quantitative estimate of drug-likeness (QED) is 0.608. The van der Waals surface area contributed by atoms with Crippen molar-refractivity contribution in [1.29, 1.82) is 5.26 Å². The van der Waals surface area contributed by atoms with Gasteiger partial charge in [-0.2, -0.15) is 5.26 Å². The van der Waals surface area contributed by atoms with Crippen molar-refractivity contribution in [1.82, 2.24) is 0 Å². The lowest BCUT2D eigenvalue weighted by atomic mass is 10.0. The van der Waals surface area contributed by atoms with E-state index in [9.17, 15) is 5.26 Å². The third-order valence-corrected chi connectivity index (χ3v) is 3.21. The maximum Gasteiger partial charge on any atom is 0.121 e.